The second-order valence-electron chi connectivity index (χ2n) is 12.7. The predicted octanol–water partition coefficient (Wildman–Crippen LogP) is 9.63. The number of thiazole rings is 2. The number of fused-ring (bicyclic) bond motifs is 2. The predicted molar refractivity (Wildman–Crippen MR) is 245 cm³/mol. The van der Waals surface area contributed by atoms with Crippen molar-refractivity contribution in [1.29, 1.82) is 0 Å². The van der Waals surface area contributed by atoms with Gasteiger partial charge in [0.15, 0.2) is 10.3 Å². The summed E-state index contributed by atoms with van der Waals surface area (Å²) in [5, 5.41) is 7.78. The molecule has 2 aromatic heterocycles. The Bertz CT molecular complexity index is 2230. The molecule has 17 heteroatoms. The van der Waals surface area contributed by atoms with Crippen molar-refractivity contribution in [3.05, 3.63) is 117 Å². The molecule has 6 aromatic rings. The number of aromatic nitrogens is 2. The summed E-state index contributed by atoms with van der Waals surface area (Å²) in [4.78, 5) is 39.2. The Morgan fingerprint density at radius 2 is 1.16 bits per heavy atom. The van der Waals surface area contributed by atoms with E-state index in [0.29, 0.717) is 11.1 Å². The third-order valence-electron chi connectivity index (χ3n) is 8.97. The van der Waals surface area contributed by atoms with Crippen LogP contribution in [0, 0.1) is 0 Å². The van der Waals surface area contributed by atoms with E-state index >= 15 is 0 Å². The van der Waals surface area contributed by atoms with Gasteiger partial charge in [0.25, 0.3) is 0 Å². The van der Waals surface area contributed by atoms with Gasteiger partial charge >= 0.3 is 11.9 Å². The third kappa shape index (κ3) is 12.9. The number of methoxy groups -OCH3 is 2. The van der Waals surface area contributed by atoms with Crippen LogP contribution in [0.3, 0.4) is 0 Å². The molecule has 4 heterocycles. The third-order valence-corrected chi connectivity index (χ3v) is 12.2. The molecule has 0 spiro atoms. The standard InChI is InChI=1S/C20H20ClN3O2S.C11H12ClN3S.C9H9BrO2.2ClH/c1-26-19(25)15-4-2-3-14(11-15)13-23-7-9-24(10-8-23)20-22-17-6-5-16(21)12-18(17)27-20;12-8-1-2-9-10(7-8)16-11(14-9)15-5-3-13-4-6-15;1-12-9(11)8-4-2-3-7(5-8)6-10;;/h2-6,11-12H,7-10,13H2,1H3;1-2,7,13H,3-6H2;2-5H,6H2,1H3;2*1H. The van der Waals surface area contributed by atoms with Crippen LogP contribution in [-0.2, 0) is 21.3 Å². The van der Waals surface area contributed by atoms with Gasteiger partial charge in [-0.15, -0.1) is 24.8 Å². The largest absolute Gasteiger partial charge is 0.465 e. The minimum absolute atomic E-state index is 0. The van der Waals surface area contributed by atoms with Crippen molar-refractivity contribution in [3.63, 3.8) is 0 Å². The second kappa shape index (κ2) is 22.8. The van der Waals surface area contributed by atoms with Crippen LogP contribution >= 0.6 is 86.6 Å². The van der Waals surface area contributed by atoms with Crippen LogP contribution in [0.25, 0.3) is 20.4 Å². The van der Waals surface area contributed by atoms with Gasteiger partial charge in [0.05, 0.1) is 45.8 Å². The first-order chi connectivity index (χ1) is 26.7. The van der Waals surface area contributed by atoms with E-state index in [0.717, 1.165) is 111 Å². The fourth-order valence-corrected chi connectivity index (χ4v) is 9.00. The Morgan fingerprint density at radius 1 is 0.684 bits per heavy atom. The zero-order valence-electron chi connectivity index (χ0n) is 31.3. The molecule has 0 radical (unpaired) electrons. The lowest BCUT2D eigenvalue weighted by Gasteiger charge is -2.34. The smallest absolute Gasteiger partial charge is 0.337 e. The summed E-state index contributed by atoms with van der Waals surface area (Å²) in [6.45, 7) is 8.76. The van der Waals surface area contributed by atoms with Gasteiger partial charge in [-0.1, -0.05) is 86.1 Å². The van der Waals surface area contributed by atoms with E-state index in [-0.39, 0.29) is 36.8 Å². The van der Waals surface area contributed by atoms with E-state index in [2.05, 4.69) is 51.7 Å². The fourth-order valence-electron chi connectivity index (χ4n) is 6.07. The van der Waals surface area contributed by atoms with Crippen LogP contribution in [0.15, 0.2) is 84.9 Å². The Morgan fingerprint density at radius 3 is 1.65 bits per heavy atom. The molecular weight excluding hydrogens is 914 g/mol. The number of hydrogen-bond acceptors (Lipinski definition) is 12. The van der Waals surface area contributed by atoms with Gasteiger partial charge in [0.1, 0.15) is 0 Å². The highest BCUT2D eigenvalue weighted by molar-refractivity contribution is 9.08. The maximum atomic E-state index is 11.7. The highest BCUT2D eigenvalue weighted by Crippen LogP contribution is 2.32. The van der Waals surface area contributed by atoms with Crippen molar-refractivity contribution in [2.75, 3.05) is 76.4 Å². The molecule has 8 rings (SSSR count). The molecule has 10 nitrogen and oxygen atoms in total. The van der Waals surface area contributed by atoms with Crippen LogP contribution in [0.4, 0.5) is 10.3 Å². The van der Waals surface area contributed by atoms with E-state index < -0.39 is 0 Å². The SMILES string of the molecule is COC(=O)c1cccc(CBr)c1.COC(=O)c1cccc(CN2CCN(c3nc4ccc(Cl)cc4s3)CC2)c1.Cl.Cl.Clc1ccc2nc(N3CCNCC3)sc2c1. The molecule has 0 amide bonds. The highest BCUT2D eigenvalue weighted by atomic mass is 79.9. The lowest BCUT2D eigenvalue weighted by atomic mass is 10.1. The number of alkyl halides is 1. The number of nitrogens with zero attached hydrogens (tertiary/aromatic N) is 5. The minimum Gasteiger partial charge on any atom is -0.465 e. The molecule has 2 saturated heterocycles. The van der Waals surface area contributed by atoms with E-state index in [1.807, 2.05) is 60.7 Å². The number of rotatable bonds is 7. The molecule has 0 bridgehead atoms. The van der Waals surface area contributed by atoms with Crippen LogP contribution in [0.5, 0.6) is 0 Å². The van der Waals surface area contributed by atoms with Gasteiger partial charge in [-0.25, -0.2) is 19.6 Å². The molecule has 4 aromatic carbocycles. The molecule has 2 aliphatic heterocycles. The number of piperazine rings is 2. The average molecular weight is 958 g/mol. The molecule has 304 valence electrons. The topological polar surface area (TPSA) is 100 Å². The maximum absolute atomic E-state index is 11.7. The summed E-state index contributed by atoms with van der Waals surface area (Å²) in [6.07, 6.45) is 0. The van der Waals surface area contributed by atoms with Crippen LogP contribution < -0.4 is 15.1 Å². The number of carbonyl (C=O) groups is 2. The summed E-state index contributed by atoms with van der Waals surface area (Å²) in [5.74, 6) is -0.588. The van der Waals surface area contributed by atoms with Crippen molar-refractivity contribution in [2.24, 2.45) is 0 Å². The van der Waals surface area contributed by atoms with E-state index in [1.54, 1.807) is 40.9 Å². The summed E-state index contributed by atoms with van der Waals surface area (Å²) >= 11 is 18.8. The maximum Gasteiger partial charge on any atom is 0.337 e. The van der Waals surface area contributed by atoms with Gasteiger partial charge in [0, 0.05) is 74.3 Å². The molecule has 0 atom stereocenters. The normalized spacial score (nSPS) is 14.0. The van der Waals surface area contributed by atoms with Gasteiger partial charge < -0.3 is 24.6 Å². The Kier molecular flexibility index (Phi) is 18.6. The number of hydrogen-bond donors (Lipinski definition) is 1. The second-order valence-corrected chi connectivity index (χ2v) is 16.2. The molecule has 0 saturated carbocycles. The first-order valence-electron chi connectivity index (χ1n) is 17.7. The first-order valence-corrected chi connectivity index (χ1v) is 21.2. The zero-order chi connectivity index (χ0) is 38.7. The molecule has 1 N–H and O–H groups in total. The van der Waals surface area contributed by atoms with Gasteiger partial charge in [0.2, 0.25) is 0 Å². The highest BCUT2D eigenvalue weighted by Gasteiger charge is 2.21. The lowest BCUT2D eigenvalue weighted by molar-refractivity contribution is 0.0591. The number of ether oxygens (including phenoxy) is 2. The van der Waals surface area contributed by atoms with Crippen molar-refractivity contribution in [3.8, 4) is 0 Å². The van der Waals surface area contributed by atoms with Crippen LogP contribution in [-0.4, -0.2) is 93.4 Å². The quantitative estimate of drug-likeness (QED) is 0.123. The number of benzene rings is 4. The summed E-state index contributed by atoms with van der Waals surface area (Å²) < 4.78 is 11.7. The molecule has 57 heavy (non-hydrogen) atoms. The van der Waals surface area contributed by atoms with E-state index in [4.69, 9.17) is 32.9 Å². The number of halogens is 5. The van der Waals surface area contributed by atoms with Crippen molar-refractivity contribution in [1.82, 2.24) is 20.2 Å². The summed E-state index contributed by atoms with van der Waals surface area (Å²) in [7, 11) is 2.79. The molecule has 2 aliphatic rings. The Hall–Kier alpha value is -3.24. The van der Waals surface area contributed by atoms with Gasteiger partial charge in [-0.05, 0) is 71.8 Å². The van der Waals surface area contributed by atoms with E-state index in [1.165, 1.54) is 18.9 Å². The fraction of sp³-hybridized carbons (Fsp3) is 0.300. The molecule has 2 fully saturated rings. The number of carbonyl (C=O) groups excluding carboxylic acids is 2. The Balaban J connectivity index is 0.000000205. The number of esters is 2. The van der Waals surface area contributed by atoms with Gasteiger partial charge in [-0.3, -0.25) is 4.90 Å². The molecule has 0 unspecified atom stereocenters. The summed E-state index contributed by atoms with van der Waals surface area (Å²) in [5.41, 5.74) is 5.43. The summed E-state index contributed by atoms with van der Waals surface area (Å²) in [6, 6.07) is 26.7. The number of anilines is 2. The van der Waals surface area contributed by atoms with Crippen molar-refractivity contribution < 1.29 is 19.1 Å². The van der Waals surface area contributed by atoms with E-state index in [9.17, 15) is 9.59 Å². The molecular formula is C40H43BrCl4N6O4S2. The van der Waals surface area contributed by atoms with Crippen LogP contribution in [0.1, 0.15) is 31.8 Å². The first kappa shape index (κ1) is 46.4. The number of nitrogens with one attached hydrogen (secondary N) is 1. The average Bonchev–Trinajstić information content (AvgIpc) is 3.85. The van der Waals surface area contributed by atoms with Crippen molar-refractivity contribution in [2.45, 2.75) is 11.9 Å². The Labute approximate surface area is 371 Å². The zero-order valence-corrected chi connectivity index (χ0v) is 37.7. The van der Waals surface area contributed by atoms with Gasteiger partial charge in [-0.2, -0.15) is 0 Å². The monoisotopic (exact) mass is 954 g/mol. The minimum atomic E-state index is -0.294. The molecule has 0 aliphatic carbocycles. The van der Waals surface area contributed by atoms with Crippen LogP contribution in [0.2, 0.25) is 10.0 Å². The van der Waals surface area contributed by atoms with Crippen molar-refractivity contribution >= 4 is 129 Å². The lowest BCUT2D eigenvalue weighted by Crippen LogP contribution is -2.45.